The Morgan fingerprint density at radius 3 is 2.86 bits per heavy atom. The van der Waals surface area contributed by atoms with Gasteiger partial charge in [-0.2, -0.15) is 0 Å². The standard InChI is InChI=1S/C14H13NO4S2/c1-8(13(17)18)15-12(16)11(21-14(15)20)7-9-4-3-5-10(6-9)19-2/h3-8H,1-2H3,(H,17,18)/p-1/b11-7+/t8-/m0/s1. The fourth-order valence-corrected chi connectivity index (χ4v) is 3.22. The third-order valence-electron chi connectivity index (χ3n) is 2.94. The largest absolute Gasteiger partial charge is 0.548 e. The van der Waals surface area contributed by atoms with E-state index in [1.54, 1.807) is 31.4 Å². The van der Waals surface area contributed by atoms with E-state index in [9.17, 15) is 14.7 Å². The average Bonchev–Trinajstić information content (AvgIpc) is 2.73. The van der Waals surface area contributed by atoms with Gasteiger partial charge in [0.2, 0.25) is 0 Å². The third-order valence-corrected chi connectivity index (χ3v) is 4.27. The lowest BCUT2D eigenvalue weighted by Crippen LogP contribution is -2.48. The molecule has 7 heteroatoms. The van der Waals surface area contributed by atoms with E-state index in [1.165, 1.54) is 6.92 Å². The van der Waals surface area contributed by atoms with Crippen LogP contribution in [0.25, 0.3) is 6.08 Å². The molecule has 2 rings (SSSR count). The normalized spacial score (nSPS) is 18.2. The van der Waals surface area contributed by atoms with Crippen LogP contribution in [0, 0.1) is 0 Å². The Morgan fingerprint density at radius 1 is 1.52 bits per heavy atom. The van der Waals surface area contributed by atoms with Crippen LogP contribution in [-0.2, 0) is 9.59 Å². The van der Waals surface area contributed by atoms with E-state index in [4.69, 9.17) is 17.0 Å². The van der Waals surface area contributed by atoms with Gasteiger partial charge in [-0.15, -0.1) is 0 Å². The van der Waals surface area contributed by atoms with Crippen LogP contribution in [0.2, 0.25) is 0 Å². The van der Waals surface area contributed by atoms with Gasteiger partial charge in [0.05, 0.1) is 24.0 Å². The highest BCUT2D eigenvalue weighted by Crippen LogP contribution is 2.34. The molecule has 1 amide bonds. The zero-order valence-corrected chi connectivity index (χ0v) is 13.0. The van der Waals surface area contributed by atoms with Crippen LogP contribution < -0.4 is 9.84 Å². The molecule has 1 aromatic rings. The molecular formula is C14H12NO4S2-. The lowest BCUT2D eigenvalue weighted by atomic mass is 10.2. The Balaban J connectivity index is 2.29. The van der Waals surface area contributed by atoms with Gasteiger partial charge < -0.3 is 14.6 Å². The molecule has 21 heavy (non-hydrogen) atoms. The minimum atomic E-state index is -1.34. The van der Waals surface area contributed by atoms with E-state index < -0.39 is 17.9 Å². The molecule has 0 radical (unpaired) electrons. The van der Waals surface area contributed by atoms with Crippen LogP contribution in [0.1, 0.15) is 12.5 Å². The number of thiocarbonyl (C=S) groups is 1. The second kappa shape index (κ2) is 6.28. The summed E-state index contributed by atoms with van der Waals surface area (Å²) in [7, 11) is 1.56. The van der Waals surface area contributed by atoms with E-state index in [0.29, 0.717) is 10.7 Å². The van der Waals surface area contributed by atoms with Crippen molar-refractivity contribution < 1.29 is 19.4 Å². The molecular weight excluding hydrogens is 310 g/mol. The van der Waals surface area contributed by atoms with Crippen LogP contribution in [0.3, 0.4) is 0 Å². The van der Waals surface area contributed by atoms with E-state index in [1.807, 2.05) is 6.07 Å². The molecule has 1 atom stereocenters. The van der Waals surface area contributed by atoms with Gasteiger partial charge in [0, 0.05) is 0 Å². The fourth-order valence-electron chi connectivity index (χ4n) is 1.80. The molecule has 0 N–H and O–H groups in total. The number of amides is 1. The van der Waals surface area contributed by atoms with E-state index in [2.05, 4.69) is 0 Å². The summed E-state index contributed by atoms with van der Waals surface area (Å²) in [6.45, 7) is 1.37. The smallest absolute Gasteiger partial charge is 0.266 e. The zero-order valence-electron chi connectivity index (χ0n) is 11.4. The van der Waals surface area contributed by atoms with E-state index in [0.717, 1.165) is 22.2 Å². The second-order valence-electron chi connectivity index (χ2n) is 4.32. The number of rotatable bonds is 4. The first-order valence-electron chi connectivity index (χ1n) is 6.06. The van der Waals surface area contributed by atoms with Crippen molar-refractivity contribution in [1.82, 2.24) is 4.90 Å². The number of thioether (sulfide) groups is 1. The number of hydrogen-bond donors (Lipinski definition) is 0. The van der Waals surface area contributed by atoms with Crippen molar-refractivity contribution in [3.8, 4) is 5.75 Å². The number of nitrogens with zero attached hydrogens (tertiary/aromatic N) is 1. The minimum Gasteiger partial charge on any atom is -0.548 e. The van der Waals surface area contributed by atoms with Crippen molar-refractivity contribution in [3.63, 3.8) is 0 Å². The van der Waals surface area contributed by atoms with Crippen molar-refractivity contribution in [3.05, 3.63) is 34.7 Å². The molecule has 0 aromatic heterocycles. The predicted octanol–water partition coefficient (Wildman–Crippen LogP) is 1.03. The molecule has 0 spiro atoms. The van der Waals surface area contributed by atoms with Gasteiger partial charge in [0.25, 0.3) is 5.91 Å². The summed E-state index contributed by atoms with van der Waals surface area (Å²) < 4.78 is 5.33. The van der Waals surface area contributed by atoms with Gasteiger partial charge >= 0.3 is 0 Å². The van der Waals surface area contributed by atoms with Gasteiger partial charge in [0.1, 0.15) is 10.1 Å². The SMILES string of the molecule is COc1cccc(/C=C2/SC(=S)N([C@@H](C)C(=O)[O-])C2=O)c1. The number of aliphatic carboxylic acids is 1. The summed E-state index contributed by atoms with van der Waals surface area (Å²) >= 11 is 6.14. The van der Waals surface area contributed by atoms with Crippen molar-refractivity contribution in [2.75, 3.05) is 7.11 Å². The number of ether oxygens (including phenoxy) is 1. The van der Waals surface area contributed by atoms with Crippen molar-refractivity contribution >= 4 is 46.3 Å². The Hall–Kier alpha value is -1.86. The molecule has 0 aliphatic carbocycles. The van der Waals surface area contributed by atoms with E-state index in [-0.39, 0.29) is 4.32 Å². The highest BCUT2D eigenvalue weighted by molar-refractivity contribution is 8.26. The molecule has 1 aliphatic heterocycles. The monoisotopic (exact) mass is 322 g/mol. The molecule has 1 fully saturated rings. The molecule has 0 saturated carbocycles. The quantitative estimate of drug-likeness (QED) is 0.609. The number of carbonyl (C=O) groups is 2. The van der Waals surface area contributed by atoms with Crippen LogP contribution in [0.15, 0.2) is 29.2 Å². The summed E-state index contributed by atoms with van der Waals surface area (Å²) in [6.07, 6.45) is 1.66. The van der Waals surface area contributed by atoms with Gasteiger partial charge in [-0.1, -0.05) is 36.1 Å². The Kier molecular flexibility index (Phi) is 4.64. The first-order chi connectivity index (χ1) is 9.93. The maximum absolute atomic E-state index is 12.2. The highest BCUT2D eigenvalue weighted by Gasteiger charge is 2.35. The fraction of sp³-hybridized carbons (Fsp3) is 0.214. The number of methoxy groups -OCH3 is 1. The van der Waals surface area contributed by atoms with Crippen LogP contribution in [-0.4, -0.2) is 34.2 Å². The number of hydrogen-bond acceptors (Lipinski definition) is 6. The topological polar surface area (TPSA) is 69.7 Å². The molecule has 0 bridgehead atoms. The summed E-state index contributed by atoms with van der Waals surface area (Å²) in [4.78, 5) is 24.6. The van der Waals surface area contributed by atoms with Crippen LogP contribution >= 0.6 is 24.0 Å². The lowest BCUT2D eigenvalue weighted by molar-refractivity contribution is -0.309. The van der Waals surface area contributed by atoms with Gasteiger partial charge in [-0.25, -0.2) is 0 Å². The molecule has 1 saturated heterocycles. The number of carbonyl (C=O) groups excluding carboxylic acids is 2. The van der Waals surface area contributed by atoms with E-state index >= 15 is 0 Å². The van der Waals surface area contributed by atoms with Crippen molar-refractivity contribution in [2.45, 2.75) is 13.0 Å². The lowest BCUT2D eigenvalue weighted by Gasteiger charge is -2.23. The van der Waals surface area contributed by atoms with Gasteiger partial charge in [-0.05, 0) is 30.7 Å². The maximum Gasteiger partial charge on any atom is 0.266 e. The van der Waals surface area contributed by atoms with Gasteiger partial charge in [-0.3, -0.25) is 9.69 Å². The zero-order chi connectivity index (χ0) is 15.6. The summed E-state index contributed by atoms with van der Waals surface area (Å²) in [5, 5.41) is 10.9. The molecule has 1 aliphatic rings. The Morgan fingerprint density at radius 2 is 2.24 bits per heavy atom. The Labute approximate surface area is 131 Å². The number of carboxylic acid groups (broad SMARTS) is 1. The molecule has 1 aromatic carbocycles. The highest BCUT2D eigenvalue weighted by atomic mass is 32.2. The summed E-state index contributed by atoms with van der Waals surface area (Å²) in [5.74, 6) is -1.10. The predicted molar refractivity (Wildman–Crippen MR) is 82.5 cm³/mol. The summed E-state index contributed by atoms with van der Waals surface area (Å²) in [5.41, 5.74) is 0.774. The third kappa shape index (κ3) is 3.25. The number of benzene rings is 1. The molecule has 5 nitrogen and oxygen atoms in total. The van der Waals surface area contributed by atoms with Gasteiger partial charge in [0.15, 0.2) is 0 Å². The maximum atomic E-state index is 12.2. The molecule has 1 heterocycles. The van der Waals surface area contributed by atoms with Crippen LogP contribution in [0.5, 0.6) is 5.75 Å². The summed E-state index contributed by atoms with van der Waals surface area (Å²) in [6, 6.07) is 6.09. The number of carboxylic acids is 1. The molecule has 0 unspecified atom stereocenters. The molecule has 110 valence electrons. The minimum absolute atomic E-state index is 0.214. The first kappa shape index (κ1) is 15.5. The average molecular weight is 322 g/mol. The van der Waals surface area contributed by atoms with Crippen molar-refractivity contribution in [2.24, 2.45) is 0 Å². The van der Waals surface area contributed by atoms with Crippen molar-refractivity contribution in [1.29, 1.82) is 0 Å². The first-order valence-corrected chi connectivity index (χ1v) is 7.28. The van der Waals surface area contributed by atoms with Crippen LogP contribution in [0.4, 0.5) is 0 Å². The second-order valence-corrected chi connectivity index (χ2v) is 6.00. The Bertz CT molecular complexity index is 642.